The van der Waals surface area contributed by atoms with Gasteiger partial charge >= 0.3 is 11.9 Å². The van der Waals surface area contributed by atoms with Crippen molar-refractivity contribution in [3.05, 3.63) is 120 Å². The van der Waals surface area contributed by atoms with Crippen LogP contribution in [0.25, 0.3) is 0 Å². The summed E-state index contributed by atoms with van der Waals surface area (Å²) in [5.41, 5.74) is 1.55. The smallest absolute Gasteiger partial charge is 0.311 e. The fourth-order valence-electron chi connectivity index (χ4n) is 7.37. The summed E-state index contributed by atoms with van der Waals surface area (Å²) < 4.78 is 17.3. The molecule has 0 aliphatic heterocycles. The van der Waals surface area contributed by atoms with Crippen molar-refractivity contribution in [3.8, 4) is 23.0 Å². The molecule has 4 aromatic rings. The van der Waals surface area contributed by atoms with Crippen LogP contribution in [0.2, 0.25) is 0 Å². The molecule has 0 heterocycles. The van der Waals surface area contributed by atoms with E-state index in [1.54, 1.807) is 47.9 Å². The Morgan fingerprint density at radius 2 is 0.914 bits per heavy atom. The van der Waals surface area contributed by atoms with Crippen molar-refractivity contribution in [2.75, 3.05) is 32.8 Å². The molecule has 0 saturated heterocycles. The summed E-state index contributed by atoms with van der Waals surface area (Å²) >= 11 is 0. The summed E-state index contributed by atoms with van der Waals surface area (Å²) in [6.45, 7) is 8.44. The zero-order valence-corrected chi connectivity index (χ0v) is 33.6. The van der Waals surface area contributed by atoms with Crippen molar-refractivity contribution >= 4 is 29.7 Å². The molecule has 5 rings (SSSR count). The van der Waals surface area contributed by atoms with Crippen LogP contribution in [0.5, 0.6) is 23.0 Å². The van der Waals surface area contributed by atoms with Gasteiger partial charge in [-0.1, -0.05) is 74.5 Å². The van der Waals surface area contributed by atoms with Crippen molar-refractivity contribution in [1.29, 1.82) is 0 Å². The van der Waals surface area contributed by atoms with E-state index in [9.17, 15) is 29.1 Å². The summed E-state index contributed by atoms with van der Waals surface area (Å²) in [6, 6.07) is 33.2. The van der Waals surface area contributed by atoms with E-state index < -0.39 is 59.9 Å². The molecule has 0 spiro atoms. The van der Waals surface area contributed by atoms with Crippen LogP contribution < -0.4 is 9.47 Å². The molecule has 0 aromatic heterocycles. The molecule has 1 N–H and O–H groups in total. The second kappa shape index (κ2) is 20.8. The predicted molar refractivity (Wildman–Crippen MR) is 218 cm³/mol. The Hall–Kier alpha value is -6.17. The third-order valence-electron chi connectivity index (χ3n) is 10.3. The van der Waals surface area contributed by atoms with Gasteiger partial charge in [-0.15, -0.1) is 0 Å². The Morgan fingerprint density at radius 3 is 1.29 bits per heavy atom. The van der Waals surface area contributed by atoms with Crippen molar-refractivity contribution in [2.45, 2.75) is 53.6 Å². The molecular formula is C46H53N3O9. The summed E-state index contributed by atoms with van der Waals surface area (Å²) in [6.07, 6.45) is 1.13. The summed E-state index contributed by atoms with van der Waals surface area (Å²) in [5.74, 6) is -7.06. The Balaban J connectivity index is 1.41. The standard InChI is InChI=1S/C46H53N3O9/c1-5-27-48(29-32-19-23-36(24-20-32)57-34-15-11-9-12-16-34)43(51)39-40(42(41(39)45(53)54)46(55)56-31-38(50)47(7-3)8-4)44(52)49(28-6-2)30-33-21-25-37(26-22-33)58-35-17-13-10-14-18-35/h9-26,39-42H,5-8,27-31H2,1-4H3,(H,53,54)/t39-,40-,41-,42-/m0/s1. The van der Waals surface area contributed by atoms with E-state index in [0.29, 0.717) is 48.9 Å². The topological polar surface area (TPSA) is 143 Å². The number of hydrogen-bond acceptors (Lipinski definition) is 8. The molecule has 58 heavy (non-hydrogen) atoms. The van der Waals surface area contributed by atoms with E-state index in [4.69, 9.17) is 14.2 Å². The number of carboxylic acids is 1. The third kappa shape index (κ3) is 10.8. The number of likely N-dealkylation sites (N-methyl/N-ethyl adjacent to an activating group) is 1. The van der Waals surface area contributed by atoms with Gasteiger partial charge in [-0.3, -0.25) is 24.0 Å². The fourth-order valence-corrected chi connectivity index (χ4v) is 7.37. The molecule has 0 radical (unpaired) electrons. The number of esters is 1. The number of carbonyl (C=O) groups is 5. The molecule has 4 atom stereocenters. The van der Waals surface area contributed by atoms with Gasteiger partial charge in [0.15, 0.2) is 6.61 Å². The highest BCUT2D eigenvalue weighted by Crippen LogP contribution is 2.49. The molecule has 0 bridgehead atoms. The van der Waals surface area contributed by atoms with Gasteiger partial charge in [0.25, 0.3) is 5.91 Å². The summed E-state index contributed by atoms with van der Waals surface area (Å²) in [5, 5.41) is 10.6. The van der Waals surface area contributed by atoms with E-state index in [0.717, 1.165) is 11.1 Å². The molecule has 4 aromatic carbocycles. The van der Waals surface area contributed by atoms with Crippen molar-refractivity contribution in [2.24, 2.45) is 23.7 Å². The number of carbonyl (C=O) groups excluding carboxylic acids is 4. The van der Waals surface area contributed by atoms with Gasteiger partial charge in [0.05, 0.1) is 23.7 Å². The van der Waals surface area contributed by atoms with Gasteiger partial charge in [-0.25, -0.2) is 0 Å². The first kappa shape index (κ1) is 43.0. The van der Waals surface area contributed by atoms with Crippen LogP contribution in [-0.2, 0) is 41.8 Å². The van der Waals surface area contributed by atoms with Crippen LogP contribution >= 0.6 is 0 Å². The summed E-state index contributed by atoms with van der Waals surface area (Å²) in [4.78, 5) is 73.6. The van der Waals surface area contributed by atoms with Crippen molar-refractivity contribution in [1.82, 2.24) is 14.7 Å². The first-order valence-electron chi connectivity index (χ1n) is 20.0. The first-order valence-corrected chi connectivity index (χ1v) is 20.0. The number of nitrogens with zero attached hydrogens (tertiary/aromatic N) is 3. The lowest BCUT2D eigenvalue weighted by atomic mass is 9.55. The Bertz CT molecular complexity index is 1970. The van der Waals surface area contributed by atoms with Gasteiger partial charge in [0.2, 0.25) is 11.8 Å². The normalized spacial score (nSPS) is 17.0. The number of amides is 3. The maximum Gasteiger partial charge on any atom is 0.311 e. The molecule has 1 fully saturated rings. The molecule has 1 aliphatic rings. The zero-order chi connectivity index (χ0) is 41.6. The van der Waals surface area contributed by atoms with E-state index in [1.807, 2.05) is 98.8 Å². The predicted octanol–water partition coefficient (Wildman–Crippen LogP) is 7.42. The lowest BCUT2D eigenvalue weighted by Crippen LogP contribution is -2.64. The highest BCUT2D eigenvalue weighted by Gasteiger charge is 2.65. The molecule has 12 nitrogen and oxygen atoms in total. The van der Waals surface area contributed by atoms with Crippen LogP contribution in [-0.4, -0.2) is 82.3 Å². The average molecular weight is 792 g/mol. The second-order valence-corrected chi connectivity index (χ2v) is 14.3. The number of benzene rings is 4. The van der Waals surface area contributed by atoms with Gasteiger partial charge in [-0.2, -0.15) is 0 Å². The minimum atomic E-state index is -1.54. The number of hydrogen-bond donors (Lipinski definition) is 1. The van der Waals surface area contributed by atoms with Gasteiger partial charge in [-0.05, 0) is 86.3 Å². The molecule has 1 saturated carbocycles. The first-order chi connectivity index (χ1) is 28.1. The molecule has 1 aliphatic carbocycles. The fraction of sp³-hybridized carbons (Fsp3) is 0.370. The molecule has 3 amide bonds. The molecule has 12 heteroatoms. The van der Waals surface area contributed by atoms with Crippen LogP contribution in [0.1, 0.15) is 51.7 Å². The Morgan fingerprint density at radius 1 is 0.517 bits per heavy atom. The lowest BCUT2D eigenvalue weighted by molar-refractivity contribution is -0.190. The minimum Gasteiger partial charge on any atom is -0.481 e. The quantitative estimate of drug-likeness (QED) is 0.0905. The highest BCUT2D eigenvalue weighted by atomic mass is 16.5. The van der Waals surface area contributed by atoms with Crippen molar-refractivity contribution in [3.63, 3.8) is 0 Å². The van der Waals surface area contributed by atoms with Crippen LogP contribution in [0.3, 0.4) is 0 Å². The van der Waals surface area contributed by atoms with Crippen molar-refractivity contribution < 1.29 is 43.3 Å². The largest absolute Gasteiger partial charge is 0.481 e. The van der Waals surface area contributed by atoms with E-state index in [2.05, 4.69) is 0 Å². The van der Waals surface area contributed by atoms with E-state index >= 15 is 0 Å². The number of rotatable bonds is 20. The summed E-state index contributed by atoms with van der Waals surface area (Å²) in [7, 11) is 0. The zero-order valence-electron chi connectivity index (χ0n) is 33.6. The van der Waals surface area contributed by atoms with Gasteiger partial charge < -0.3 is 34.0 Å². The van der Waals surface area contributed by atoms with E-state index in [-0.39, 0.29) is 26.2 Å². The molecule has 306 valence electrons. The Kier molecular flexibility index (Phi) is 15.4. The van der Waals surface area contributed by atoms with Crippen LogP contribution in [0.4, 0.5) is 0 Å². The Labute approximate surface area is 340 Å². The molecular weight excluding hydrogens is 739 g/mol. The third-order valence-corrected chi connectivity index (χ3v) is 10.3. The number of para-hydroxylation sites is 2. The number of carboxylic acid groups (broad SMARTS) is 1. The minimum absolute atomic E-state index is 0.144. The van der Waals surface area contributed by atoms with Crippen LogP contribution in [0, 0.1) is 23.7 Å². The number of ether oxygens (including phenoxy) is 3. The monoisotopic (exact) mass is 791 g/mol. The van der Waals surface area contributed by atoms with Gasteiger partial charge in [0, 0.05) is 39.3 Å². The van der Waals surface area contributed by atoms with Crippen LogP contribution in [0.15, 0.2) is 109 Å². The maximum absolute atomic E-state index is 14.7. The second-order valence-electron chi connectivity index (χ2n) is 14.3. The highest BCUT2D eigenvalue weighted by molar-refractivity contribution is 6.00. The lowest BCUT2D eigenvalue weighted by Gasteiger charge is -2.49. The SMILES string of the molecule is CCCN(Cc1ccc(Oc2ccccc2)cc1)C(=O)[C@@H]1[C@H](C(=O)O)[C@@H](C(=O)OCC(=O)N(CC)CC)[C@H]1C(=O)N(CCC)Cc1ccc(Oc2ccccc2)cc1. The average Bonchev–Trinajstić information content (AvgIpc) is 3.21. The van der Waals surface area contributed by atoms with E-state index in [1.165, 1.54) is 4.90 Å². The molecule has 0 unspecified atom stereocenters. The maximum atomic E-state index is 14.7. The van der Waals surface area contributed by atoms with Gasteiger partial charge in [0.1, 0.15) is 23.0 Å². The number of aliphatic carboxylic acids is 1.